The van der Waals surface area contributed by atoms with E-state index in [1.807, 2.05) is 0 Å². The molecule has 2 heteroatoms. The SMILES string of the molecule is CCCOc1cccc(CNC2CCCCC2C(C)C)c1. The van der Waals surface area contributed by atoms with E-state index in [0.717, 1.165) is 37.2 Å². The molecule has 0 amide bonds. The molecule has 1 N–H and O–H groups in total. The Balaban J connectivity index is 1.89. The smallest absolute Gasteiger partial charge is 0.119 e. The highest BCUT2D eigenvalue weighted by Crippen LogP contribution is 2.30. The van der Waals surface area contributed by atoms with Gasteiger partial charge in [-0.15, -0.1) is 0 Å². The topological polar surface area (TPSA) is 21.3 Å². The van der Waals surface area contributed by atoms with Gasteiger partial charge in [-0.05, 0) is 48.8 Å². The molecule has 118 valence electrons. The van der Waals surface area contributed by atoms with Gasteiger partial charge in [0, 0.05) is 12.6 Å². The summed E-state index contributed by atoms with van der Waals surface area (Å²) in [5.74, 6) is 2.61. The molecule has 1 saturated carbocycles. The standard InChI is InChI=1S/C19H31NO/c1-4-12-21-17-9-7-8-16(13-17)14-20-19-11-6-5-10-18(19)15(2)3/h7-9,13,15,18-20H,4-6,10-12,14H2,1-3H3. The van der Waals surface area contributed by atoms with Gasteiger partial charge in [0.15, 0.2) is 0 Å². The van der Waals surface area contributed by atoms with E-state index in [1.54, 1.807) is 0 Å². The van der Waals surface area contributed by atoms with Crippen molar-refractivity contribution in [1.29, 1.82) is 0 Å². The van der Waals surface area contributed by atoms with Gasteiger partial charge in [-0.25, -0.2) is 0 Å². The predicted octanol–water partition coefficient (Wildman–Crippen LogP) is 4.78. The molecule has 0 bridgehead atoms. The van der Waals surface area contributed by atoms with Crippen LogP contribution < -0.4 is 10.1 Å². The van der Waals surface area contributed by atoms with E-state index in [1.165, 1.54) is 31.2 Å². The third-order valence-electron chi connectivity index (χ3n) is 4.62. The van der Waals surface area contributed by atoms with Crippen molar-refractivity contribution in [2.45, 2.75) is 65.5 Å². The van der Waals surface area contributed by atoms with Crippen molar-refractivity contribution >= 4 is 0 Å². The molecule has 0 aromatic heterocycles. The zero-order valence-electron chi connectivity index (χ0n) is 13.9. The molecule has 0 radical (unpaired) electrons. The maximum absolute atomic E-state index is 5.72. The van der Waals surface area contributed by atoms with Crippen LogP contribution in [0.1, 0.15) is 58.4 Å². The van der Waals surface area contributed by atoms with Crippen molar-refractivity contribution in [2.24, 2.45) is 11.8 Å². The molecule has 2 unspecified atom stereocenters. The van der Waals surface area contributed by atoms with Gasteiger partial charge >= 0.3 is 0 Å². The second-order valence-electron chi connectivity index (χ2n) is 6.68. The van der Waals surface area contributed by atoms with Gasteiger partial charge in [-0.3, -0.25) is 0 Å². The molecular formula is C19H31NO. The van der Waals surface area contributed by atoms with Crippen LogP contribution in [0.4, 0.5) is 0 Å². The van der Waals surface area contributed by atoms with E-state index in [9.17, 15) is 0 Å². The van der Waals surface area contributed by atoms with Gasteiger partial charge in [0.05, 0.1) is 6.61 Å². The first-order valence-electron chi connectivity index (χ1n) is 8.65. The van der Waals surface area contributed by atoms with Gasteiger partial charge in [-0.1, -0.05) is 45.7 Å². The highest BCUT2D eigenvalue weighted by Gasteiger charge is 2.26. The lowest BCUT2D eigenvalue weighted by Gasteiger charge is -2.35. The van der Waals surface area contributed by atoms with Crippen molar-refractivity contribution in [1.82, 2.24) is 5.32 Å². The maximum Gasteiger partial charge on any atom is 0.119 e. The molecule has 0 spiro atoms. The third kappa shape index (κ3) is 5.03. The Hall–Kier alpha value is -1.02. The zero-order valence-corrected chi connectivity index (χ0v) is 13.9. The van der Waals surface area contributed by atoms with Crippen molar-refractivity contribution in [3.8, 4) is 5.75 Å². The predicted molar refractivity (Wildman–Crippen MR) is 89.7 cm³/mol. The fraction of sp³-hybridized carbons (Fsp3) is 0.684. The van der Waals surface area contributed by atoms with Gasteiger partial charge < -0.3 is 10.1 Å². The van der Waals surface area contributed by atoms with Crippen molar-refractivity contribution in [2.75, 3.05) is 6.61 Å². The highest BCUT2D eigenvalue weighted by molar-refractivity contribution is 5.28. The average Bonchev–Trinajstić information content (AvgIpc) is 2.51. The van der Waals surface area contributed by atoms with Crippen LogP contribution in [0.3, 0.4) is 0 Å². The minimum Gasteiger partial charge on any atom is -0.494 e. The summed E-state index contributed by atoms with van der Waals surface area (Å²) in [5.41, 5.74) is 1.33. The molecule has 0 saturated heterocycles. The Morgan fingerprint density at radius 1 is 1.24 bits per heavy atom. The van der Waals surface area contributed by atoms with Gasteiger partial charge in [-0.2, -0.15) is 0 Å². The number of nitrogens with one attached hydrogen (secondary N) is 1. The van der Waals surface area contributed by atoms with Crippen LogP contribution in [0.2, 0.25) is 0 Å². The first kappa shape index (κ1) is 16.4. The quantitative estimate of drug-likeness (QED) is 0.780. The lowest BCUT2D eigenvalue weighted by Crippen LogP contribution is -2.40. The van der Waals surface area contributed by atoms with Crippen LogP contribution in [0.15, 0.2) is 24.3 Å². The van der Waals surface area contributed by atoms with Gasteiger partial charge in [0.25, 0.3) is 0 Å². The minimum atomic E-state index is 0.680. The third-order valence-corrected chi connectivity index (χ3v) is 4.62. The summed E-state index contributed by atoms with van der Waals surface area (Å²) in [4.78, 5) is 0. The fourth-order valence-corrected chi connectivity index (χ4v) is 3.43. The molecule has 2 nitrogen and oxygen atoms in total. The summed E-state index contributed by atoms with van der Waals surface area (Å²) in [6.07, 6.45) is 6.55. The molecule has 21 heavy (non-hydrogen) atoms. The first-order valence-corrected chi connectivity index (χ1v) is 8.65. The van der Waals surface area contributed by atoms with E-state index in [2.05, 4.69) is 50.4 Å². The molecule has 0 aliphatic heterocycles. The van der Waals surface area contributed by atoms with Crippen LogP contribution in [-0.2, 0) is 6.54 Å². The Morgan fingerprint density at radius 3 is 2.81 bits per heavy atom. The Bertz CT molecular complexity index is 416. The summed E-state index contributed by atoms with van der Waals surface area (Å²) >= 11 is 0. The summed E-state index contributed by atoms with van der Waals surface area (Å²) in [5, 5.41) is 3.80. The molecule has 2 atom stereocenters. The summed E-state index contributed by atoms with van der Waals surface area (Å²) in [6, 6.07) is 9.20. The van der Waals surface area contributed by atoms with E-state index in [4.69, 9.17) is 4.74 Å². The lowest BCUT2D eigenvalue weighted by atomic mass is 9.78. The molecule has 1 aliphatic carbocycles. The maximum atomic E-state index is 5.72. The average molecular weight is 289 g/mol. The number of rotatable bonds is 7. The monoisotopic (exact) mass is 289 g/mol. The molecule has 1 aliphatic rings. The van der Waals surface area contributed by atoms with Crippen LogP contribution >= 0.6 is 0 Å². The van der Waals surface area contributed by atoms with Gasteiger partial charge in [0.1, 0.15) is 5.75 Å². The molecule has 0 heterocycles. The van der Waals surface area contributed by atoms with E-state index >= 15 is 0 Å². The van der Waals surface area contributed by atoms with Crippen molar-refractivity contribution < 1.29 is 4.74 Å². The summed E-state index contributed by atoms with van der Waals surface area (Å²) in [7, 11) is 0. The molecule has 1 aromatic rings. The van der Waals surface area contributed by atoms with Crippen LogP contribution in [0, 0.1) is 11.8 Å². The van der Waals surface area contributed by atoms with E-state index in [-0.39, 0.29) is 0 Å². The Morgan fingerprint density at radius 2 is 2.05 bits per heavy atom. The fourth-order valence-electron chi connectivity index (χ4n) is 3.43. The summed E-state index contributed by atoms with van der Waals surface area (Å²) < 4.78 is 5.72. The van der Waals surface area contributed by atoms with Crippen molar-refractivity contribution in [3.63, 3.8) is 0 Å². The van der Waals surface area contributed by atoms with Gasteiger partial charge in [0.2, 0.25) is 0 Å². The number of benzene rings is 1. The van der Waals surface area contributed by atoms with Crippen molar-refractivity contribution in [3.05, 3.63) is 29.8 Å². The number of hydrogen-bond donors (Lipinski definition) is 1. The van der Waals surface area contributed by atoms with Crippen LogP contribution in [0.25, 0.3) is 0 Å². The minimum absolute atomic E-state index is 0.680. The first-order chi connectivity index (χ1) is 10.2. The van der Waals surface area contributed by atoms with Crippen LogP contribution in [0.5, 0.6) is 5.75 Å². The lowest BCUT2D eigenvalue weighted by molar-refractivity contribution is 0.204. The number of ether oxygens (including phenoxy) is 1. The van der Waals surface area contributed by atoms with E-state index in [0.29, 0.717) is 6.04 Å². The molecule has 2 rings (SSSR count). The molecule has 1 fully saturated rings. The zero-order chi connectivity index (χ0) is 15.1. The largest absolute Gasteiger partial charge is 0.494 e. The van der Waals surface area contributed by atoms with Crippen LogP contribution in [-0.4, -0.2) is 12.6 Å². The molecule has 1 aromatic carbocycles. The summed E-state index contributed by atoms with van der Waals surface area (Å²) in [6.45, 7) is 8.63. The van der Waals surface area contributed by atoms with E-state index < -0.39 is 0 Å². The number of hydrogen-bond acceptors (Lipinski definition) is 2. The normalized spacial score (nSPS) is 22.5. The molecular weight excluding hydrogens is 258 g/mol. The second-order valence-corrected chi connectivity index (χ2v) is 6.68. The highest BCUT2D eigenvalue weighted by atomic mass is 16.5. The second kappa shape index (κ2) is 8.43. The Labute approximate surface area is 130 Å². The Kier molecular flexibility index (Phi) is 6.56.